The van der Waals surface area contributed by atoms with Crippen molar-refractivity contribution in [2.24, 2.45) is 5.73 Å². The summed E-state index contributed by atoms with van der Waals surface area (Å²) in [6, 6.07) is 3.91. The third kappa shape index (κ3) is 5.06. The van der Waals surface area contributed by atoms with Crippen LogP contribution in [0.2, 0.25) is 5.02 Å². The van der Waals surface area contributed by atoms with Crippen LogP contribution in [0.1, 0.15) is 23.2 Å². The molecule has 0 aliphatic rings. The Bertz CT molecular complexity index is 630. The molecule has 20 heavy (non-hydrogen) atoms. The summed E-state index contributed by atoms with van der Waals surface area (Å²) in [5.74, 6) is -2.10. The SMILES string of the molecule is NC(=O)c1ccc(NS(=O)(=O)CCCC(=O)O)cc1Cl. The van der Waals surface area contributed by atoms with Crippen molar-refractivity contribution in [2.45, 2.75) is 12.8 Å². The van der Waals surface area contributed by atoms with Crippen molar-refractivity contribution >= 4 is 39.2 Å². The standard InChI is InChI=1S/C11H13ClN2O5S/c12-9-6-7(3-4-8(9)11(13)17)14-20(18,19)5-1-2-10(15)16/h3-4,6,14H,1-2,5H2,(H2,13,17)(H,15,16). The highest BCUT2D eigenvalue weighted by atomic mass is 35.5. The number of carboxylic acids is 1. The lowest BCUT2D eigenvalue weighted by molar-refractivity contribution is -0.137. The number of nitrogens with one attached hydrogen (secondary N) is 1. The lowest BCUT2D eigenvalue weighted by Crippen LogP contribution is -2.18. The number of nitrogens with two attached hydrogens (primary N) is 1. The van der Waals surface area contributed by atoms with Gasteiger partial charge in [0.15, 0.2) is 0 Å². The van der Waals surface area contributed by atoms with Crippen LogP contribution < -0.4 is 10.5 Å². The zero-order valence-electron chi connectivity index (χ0n) is 10.3. The number of benzene rings is 1. The van der Waals surface area contributed by atoms with Gasteiger partial charge in [0.2, 0.25) is 15.9 Å². The van der Waals surface area contributed by atoms with Crippen LogP contribution >= 0.6 is 11.6 Å². The van der Waals surface area contributed by atoms with Crippen LogP contribution in [0.3, 0.4) is 0 Å². The first-order valence-electron chi connectivity index (χ1n) is 5.53. The highest BCUT2D eigenvalue weighted by Gasteiger charge is 2.13. The maximum Gasteiger partial charge on any atom is 0.303 e. The molecule has 0 aliphatic heterocycles. The fourth-order valence-corrected chi connectivity index (χ4v) is 2.81. The molecule has 0 atom stereocenters. The van der Waals surface area contributed by atoms with E-state index in [1.54, 1.807) is 0 Å². The molecule has 0 saturated carbocycles. The number of anilines is 1. The number of rotatable bonds is 7. The number of aliphatic carboxylic acids is 1. The normalized spacial score (nSPS) is 11.1. The second-order valence-corrected chi connectivity index (χ2v) is 6.23. The molecule has 1 rings (SSSR count). The third-order valence-electron chi connectivity index (χ3n) is 2.31. The first kappa shape index (κ1) is 16.3. The zero-order chi connectivity index (χ0) is 15.3. The molecule has 0 radical (unpaired) electrons. The second-order valence-electron chi connectivity index (χ2n) is 3.98. The summed E-state index contributed by atoms with van der Waals surface area (Å²) in [7, 11) is -3.67. The van der Waals surface area contributed by atoms with Gasteiger partial charge in [0, 0.05) is 12.1 Å². The number of hydrogen-bond acceptors (Lipinski definition) is 4. The van der Waals surface area contributed by atoms with Crippen LogP contribution in [-0.4, -0.2) is 31.2 Å². The van der Waals surface area contributed by atoms with Gasteiger partial charge in [-0.3, -0.25) is 14.3 Å². The van der Waals surface area contributed by atoms with Gasteiger partial charge in [-0.05, 0) is 24.6 Å². The van der Waals surface area contributed by atoms with Crippen molar-refractivity contribution in [3.63, 3.8) is 0 Å². The molecular weight excluding hydrogens is 308 g/mol. The number of primary amides is 1. The van der Waals surface area contributed by atoms with Gasteiger partial charge >= 0.3 is 5.97 Å². The Morgan fingerprint density at radius 3 is 2.50 bits per heavy atom. The van der Waals surface area contributed by atoms with E-state index >= 15 is 0 Å². The number of carbonyl (C=O) groups excluding carboxylic acids is 1. The van der Waals surface area contributed by atoms with Crippen LogP contribution in [0.4, 0.5) is 5.69 Å². The number of sulfonamides is 1. The van der Waals surface area contributed by atoms with Crippen LogP contribution in [0.25, 0.3) is 0 Å². The molecule has 0 unspecified atom stereocenters. The van der Waals surface area contributed by atoms with Gasteiger partial charge in [0.05, 0.1) is 16.3 Å². The molecule has 0 bridgehead atoms. The third-order valence-corrected chi connectivity index (χ3v) is 4.00. The Hall–Kier alpha value is -1.80. The van der Waals surface area contributed by atoms with Gasteiger partial charge in [-0.25, -0.2) is 8.42 Å². The molecule has 7 nitrogen and oxygen atoms in total. The maximum atomic E-state index is 11.7. The number of halogens is 1. The van der Waals surface area contributed by atoms with Crippen LogP contribution in [0.5, 0.6) is 0 Å². The number of amides is 1. The van der Waals surface area contributed by atoms with E-state index in [1.807, 2.05) is 0 Å². The Balaban J connectivity index is 2.75. The van der Waals surface area contributed by atoms with E-state index < -0.39 is 21.9 Å². The minimum absolute atomic E-state index is 0.00221. The summed E-state index contributed by atoms with van der Waals surface area (Å²) < 4.78 is 25.6. The zero-order valence-corrected chi connectivity index (χ0v) is 11.9. The molecule has 0 saturated heterocycles. The minimum Gasteiger partial charge on any atom is -0.481 e. The van der Waals surface area contributed by atoms with Crippen molar-refractivity contribution in [2.75, 3.05) is 10.5 Å². The Morgan fingerprint density at radius 1 is 1.35 bits per heavy atom. The lowest BCUT2D eigenvalue weighted by Gasteiger charge is -2.09. The lowest BCUT2D eigenvalue weighted by atomic mass is 10.2. The largest absolute Gasteiger partial charge is 0.481 e. The summed E-state index contributed by atoms with van der Waals surface area (Å²) in [6.07, 6.45) is -0.236. The smallest absolute Gasteiger partial charge is 0.303 e. The average Bonchev–Trinajstić information content (AvgIpc) is 2.26. The number of hydrogen-bond donors (Lipinski definition) is 3. The first-order valence-corrected chi connectivity index (χ1v) is 7.56. The quantitative estimate of drug-likeness (QED) is 0.692. The summed E-state index contributed by atoms with van der Waals surface area (Å²) in [5, 5.41) is 8.47. The van der Waals surface area contributed by atoms with E-state index in [4.69, 9.17) is 22.4 Å². The van der Waals surface area contributed by atoms with Gasteiger partial charge in [-0.1, -0.05) is 11.6 Å². The second kappa shape index (κ2) is 6.58. The fraction of sp³-hybridized carbons (Fsp3) is 0.273. The summed E-state index contributed by atoms with van der Waals surface area (Å²) in [5.41, 5.74) is 5.33. The molecule has 0 fully saturated rings. The number of carboxylic acid groups (broad SMARTS) is 1. The predicted molar refractivity (Wildman–Crippen MR) is 74.2 cm³/mol. The molecule has 0 aliphatic carbocycles. The minimum atomic E-state index is -3.67. The van der Waals surface area contributed by atoms with Crippen molar-refractivity contribution in [3.05, 3.63) is 28.8 Å². The molecular formula is C11H13ClN2O5S. The molecule has 1 aromatic rings. The van der Waals surface area contributed by atoms with E-state index in [1.165, 1.54) is 18.2 Å². The van der Waals surface area contributed by atoms with Gasteiger partial charge in [-0.2, -0.15) is 0 Å². The molecule has 0 heterocycles. The Labute approximate surface area is 120 Å². The average molecular weight is 321 g/mol. The monoisotopic (exact) mass is 320 g/mol. The van der Waals surface area contributed by atoms with E-state index in [9.17, 15) is 18.0 Å². The van der Waals surface area contributed by atoms with E-state index in [0.717, 1.165) is 0 Å². The molecule has 0 aromatic heterocycles. The van der Waals surface area contributed by atoms with Crippen molar-refractivity contribution in [3.8, 4) is 0 Å². The van der Waals surface area contributed by atoms with Crippen molar-refractivity contribution in [1.29, 1.82) is 0 Å². The van der Waals surface area contributed by atoms with Crippen LogP contribution in [0, 0.1) is 0 Å². The summed E-state index contributed by atoms with van der Waals surface area (Å²) >= 11 is 5.79. The molecule has 9 heteroatoms. The van der Waals surface area contributed by atoms with E-state index in [2.05, 4.69) is 4.72 Å². The molecule has 1 amide bonds. The Morgan fingerprint density at radius 2 is 2.00 bits per heavy atom. The molecule has 1 aromatic carbocycles. The van der Waals surface area contributed by atoms with Gasteiger partial charge < -0.3 is 10.8 Å². The van der Waals surface area contributed by atoms with Gasteiger partial charge in [-0.15, -0.1) is 0 Å². The van der Waals surface area contributed by atoms with Crippen molar-refractivity contribution < 1.29 is 23.1 Å². The van der Waals surface area contributed by atoms with Crippen LogP contribution in [-0.2, 0) is 14.8 Å². The predicted octanol–water partition coefficient (Wildman–Crippen LogP) is 1.05. The Kier molecular flexibility index (Phi) is 5.34. The fourth-order valence-electron chi connectivity index (χ4n) is 1.42. The summed E-state index contributed by atoms with van der Waals surface area (Å²) in [4.78, 5) is 21.3. The van der Waals surface area contributed by atoms with E-state index in [0.29, 0.717) is 0 Å². The topological polar surface area (TPSA) is 127 Å². The first-order chi connectivity index (χ1) is 9.21. The maximum absolute atomic E-state index is 11.7. The van der Waals surface area contributed by atoms with Gasteiger partial charge in [0.25, 0.3) is 0 Å². The van der Waals surface area contributed by atoms with Crippen LogP contribution in [0.15, 0.2) is 18.2 Å². The highest BCUT2D eigenvalue weighted by molar-refractivity contribution is 7.92. The van der Waals surface area contributed by atoms with Gasteiger partial charge in [0.1, 0.15) is 0 Å². The molecule has 4 N–H and O–H groups in total. The highest BCUT2D eigenvalue weighted by Crippen LogP contribution is 2.21. The van der Waals surface area contributed by atoms with Crippen molar-refractivity contribution in [1.82, 2.24) is 0 Å². The van der Waals surface area contributed by atoms with E-state index in [-0.39, 0.29) is 34.9 Å². The number of carbonyl (C=O) groups is 2. The molecule has 0 spiro atoms. The summed E-state index contributed by atoms with van der Waals surface area (Å²) in [6.45, 7) is 0. The molecule has 110 valence electrons.